The fraction of sp³-hybridized carbons (Fsp3) is 0.429. The maximum atomic E-state index is 11.1. The van der Waals surface area contributed by atoms with Crippen LogP contribution in [0.5, 0.6) is 0 Å². The highest BCUT2D eigenvalue weighted by molar-refractivity contribution is 5.90. The van der Waals surface area contributed by atoms with E-state index in [0.29, 0.717) is 0 Å². The molecule has 0 aliphatic carbocycles. The van der Waals surface area contributed by atoms with Gasteiger partial charge in [-0.15, -0.1) is 0 Å². The molecule has 0 radical (unpaired) electrons. The minimum absolute atomic E-state index is 0.0810. The topological polar surface area (TPSA) is 48.1 Å². The first-order chi connectivity index (χ1) is 8.36. The molecule has 0 bridgehead atoms. The van der Waals surface area contributed by atoms with E-state index in [-0.39, 0.29) is 16.1 Å². The number of aromatic nitrogens is 1. The van der Waals surface area contributed by atoms with Gasteiger partial charge < -0.3 is 4.57 Å². The van der Waals surface area contributed by atoms with E-state index in [2.05, 4.69) is 32.3 Å². The molecule has 0 amide bonds. The molecule has 0 saturated carbocycles. The van der Waals surface area contributed by atoms with Crippen molar-refractivity contribution in [2.45, 2.75) is 39.7 Å². The Morgan fingerprint density at radius 1 is 1.33 bits per heavy atom. The van der Waals surface area contributed by atoms with Gasteiger partial charge in [-0.1, -0.05) is 13.0 Å². The van der Waals surface area contributed by atoms with Gasteiger partial charge in [0.05, 0.1) is 15.8 Å². The molecule has 4 nitrogen and oxygen atoms in total. The van der Waals surface area contributed by atoms with Gasteiger partial charge in [0.2, 0.25) is 0 Å². The standard InChI is InChI=1S/C14H18N2O2/c1-5-10-9-11-12(15(10)14(2,3)4)7-6-8-13(11)16(17)18/h6-9H,5H2,1-4H3. The van der Waals surface area contributed by atoms with E-state index in [9.17, 15) is 10.1 Å². The van der Waals surface area contributed by atoms with Crippen molar-refractivity contribution in [3.05, 3.63) is 40.1 Å². The summed E-state index contributed by atoms with van der Waals surface area (Å²) in [5.41, 5.74) is 2.17. The van der Waals surface area contributed by atoms with Crippen LogP contribution >= 0.6 is 0 Å². The van der Waals surface area contributed by atoms with E-state index < -0.39 is 0 Å². The van der Waals surface area contributed by atoms with E-state index in [1.807, 2.05) is 12.1 Å². The van der Waals surface area contributed by atoms with Gasteiger partial charge in [-0.3, -0.25) is 10.1 Å². The number of hydrogen-bond donors (Lipinski definition) is 0. The van der Waals surface area contributed by atoms with Gasteiger partial charge in [-0.2, -0.15) is 0 Å². The van der Waals surface area contributed by atoms with E-state index in [4.69, 9.17) is 0 Å². The zero-order chi connectivity index (χ0) is 13.5. The quantitative estimate of drug-likeness (QED) is 0.596. The number of benzene rings is 1. The van der Waals surface area contributed by atoms with Crippen LogP contribution in [0.2, 0.25) is 0 Å². The number of nitro benzene ring substituents is 1. The number of aryl methyl sites for hydroxylation is 1. The van der Waals surface area contributed by atoms with Crippen molar-refractivity contribution >= 4 is 16.6 Å². The molecule has 0 atom stereocenters. The van der Waals surface area contributed by atoms with Crippen molar-refractivity contribution < 1.29 is 4.92 Å². The highest BCUT2D eigenvalue weighted by Crippen LogP contribution is 2.33. The SMILES string of the molecule is CCc1cc2c([N+](=O)[O-])cccc2n1C(C)(C)C. The predicted molar refractivity (Wildman–Crippen MR) is 73.0 cm³/mol. The molecule has 1 heterocycles. The smallest absolute Gasteiger partial charge is 0.278 e. The summed E-state index contributed by atoms with van der Waals surface area (Å²) in [4.78, 5) is 10.8. The van der Waals surface area contributed by atoms with E-state index in [1.54, 1.807) is 12.1 Å². The van der Waals surface area contributed by atoms with Crippen molar-refractivity contribution in [2.24, 2.45) is 0 Å². The first-order valence-corrected chi connectivity index (χ1v) is 6.14. The Bertz CT molecular complexity index is 606. The van der Waals surface area contributed by atoms with Crippen LogP contribution in [0.4, 0.5) is 5.69 Å². The molecule has 0 N–H and O–H groups in total. The Kier molecular flexibility index (Phi) is 2.89. The molecule has 0 saturated heterocycles. The van der Waals surface area contributed by atoms with Crippen molar-refractivity contribution in [3.8, 4) is 0 Å². The molecule has 96 valence electrons. The van der Waals surface area contributed by atoms with Crippen LogP contribution in [-0.2, 0) is 12.0 Å². The summed E-state index contributed by atoms with van der Waals surface area (Å²) in [5.74, 6) is 0. The first-order valence-electron chi connectivity index (χ1n) is 6.14. The second kappa shape index (κ2) is 4.12. The molecular formula is C14H18N2O2. The summed E-state index contributed by atoms with van der Waals surface area (Å²) in [6.45, 7) is 8.42. The average Bonchev–Trinajstić information content (AvgIpc) is 2.65. The Hall–Kier alpha value is -1.84. The Morgan fingerprint density at radius 3 is 2.50 bits per heavy atom. The predicted octanol–water partition coefficient (Wildman–Crippen LogP) is 3.87. The summed E-state index contributed by atoms with van der Waals surface area (Å²) in [6.07, 6.45) is 0.864. The molecule has 0 spiro atoms. The average molecular weight is 246 g/mol. The van der Waals surface area contributed by atoms with Gasteiger partial charge in [0.1, 0.15) is 0 Å². The molecule has 0 aliphatic rings. The normalized spacial score (nSPS) is 12.0. The van der Waals surface area contributed by atoms with Gasteiger partial charge >= 0.3 is 0 Å². The third kappa shape index (κ3) is 1.88. The maximum absolute atomic E-state index is 11.1. The lowest BCUT2D eigenvalue weighted by molar-refractivity contribution is -0.383. The van der Waals surface area contributed by atoms with Gasteiger partial charge in [0, 0.05) is 17.3 Å². The fourth-order valence-electron chi connectivity index (χ4n) is 2.48. The monoisotopic (exact) mass is 246 g/mol. The molecule has 2 rings (SSSR count). The first kappa shape index (κ1) is 12.6. The lowest BCUT2D eigenvalue weighted by Gasteiger charge is -2.25. The number of fused-ring (bicyclic) bond motifs is 1. The van der Waals surface area contributed by atoms with Crippen molar-refractivity contribution in [2.75, 3.05) is 0 Å². The van der Waals surface area contributed by atoms with Crippen LogP contribution in [0.3, 0.4) is 0 Å². The maximum Gasteiger partial charge on any atom is 0.278 e. The number of nitro groups is 1. The zero-order valence-corrected chi connectivity index (χ0v) is 11.2. The number of nitrogens with zero attached hydrogens (tertiary/aromatic N) is 2. The van der Waals surface area contributed by atoms with Crippen LogP contribution < -0.4 is 0 Å². The molecule has 1 aromatic carbocycles. The lowest BCUT2D eigenvalue weighted by atomic mass is 10.1. The van der Waals surface area contributed by atoms with Crippen molar-refractivity contribution in [3.63, 3.8) is 0 Å². The highest BCUT2D eigenvalue weighted by atomic mass is 16.6. The molecule has 0 fully saturated rings. The fourth-order valence-corrected chi connectivity index (χ4v) is 2.48. The van der Waals surface area contributed by atoms with E-state index >= 15 is 0 Å². The number of non-ortho nitro benzene ring substituents is 1. The number of hydrogen-bond acceptors (Lipinski definition) is 2. The minimum Gasteiger partial charge on any atom is -0.339 e. The minimum atomic E-state index is -0.311. The zero-order valence-electron chi connectivity index (χ0n) is 11.2. The lowest BCUT2D eigenvalue weighted by Crippen LogP contribution is -2.23. The van der Waals surface area contributed by atoms with Crippen molar-refractivity contribution in [1.82, 2.24) is 4.57 Å². The summed E-state index contributed by atoms with van der Waals surface area (Å²) >= 11 is 0. The summed E-state index contributed by atoms with van der Waals surface area (Å²) in [6, 6.07) is 7.21. The summed E-state index contributed by atoms with van der Waals surface area (Å²) in [5, 5.41) is 11.8. The van der Waals surface area contributed by atoms with Gasteiger partial charge in [0.15, 0.2) is 0 Å². The third-order valence-corrected chi connectivity index (χ3v) is 3.13. The van der Waals surface area contributed by atoms with Crippen LogP contribution in [0, 0.1) is 10.1 Å². The molecule has 0 aliphatic heterocycles. The summed E-state index contributed by atoms with van der Waals surface area (Å²) < 4.78 is 2.19. The van der Waals surface area contributed by atoms with Gasteiger partial charge in [-0.25, -0.2) is 0 Å². The Balaban J connectivity index is 2.86. The largest absolute Gasteiger partial charge is 0.339 e. The van der Waals surface area contributed by atoms with Gasteiger partial charge in [-0.05, 0) is 39.3 Å². The second-order valence-corrected chi connectivity index (χ2v) is 5.46. The van der Waals surface area contributed by atoms with Crippen LogP contribution in [0.25, 0.3) is 10.9 Å². The highest BCUT2D eigenvalue weighted by Gasteiger charge is 2.23. The molecule has 0 unspecified atom stereocenters. The Morgan fingerprint density at radius 2 is 2.00 bits per heavy atom. The molecule has 18 heavy (non-hydrogen) atoms. The molecule has 1 aromatic heterocycles. The van der Waals surface area contributed by atoms with Crippen LogP contribution in [-0.4, -0.2) is 9.49 Å². The second-order valence-electron chi connectivity index (χ2n) is 5.46. The Labute approximate surface area is 106 Å². The molecule has 2 aromatic rings. The molecular weight excluding hydrogens is 228 g/mol. The van der Waals surface area contributed by atoms with E-state index in [1.165, 1.54) is 0 Å². The molecule has 4 heteroatoms. The third-order valence-electron chi connectivity index (χ3n) is 3.13. The van der Waals surface area contributed by atoms with Crippen LogP contribution in [0.1, 0.15) is 33.4 Å². The van der Waals surface area contributed by atoms with Crippen LogP contribution in [0.15, 0.2) is 24.3 Å². The van der Waals surface area contributed by atoms with Gasteiger partial charge in [0.25, 0.3) is 5.69 Å². The summed E-state index contributed by atoms with van der Waals surface area (Å²) in [7, 11) is 0. The number of rotatable bonds is 2. The van der Waals surface area contributed by atoms with Crippen molar-refractivity contribution in [1.29, 1.82) is 0 Å². The van der Waals surface area contributed by atoms with E-state index in [0.717, 1.165) is 23.0 Å².